The van der Waals surface area contributed by atoms with Gasteiger partial charge in [0.15, 0.2) is 0 Å². The fourth-order valence-electron chi connectivity index (χ4n) is 2.35. The second kappa shape index (κ2) is 6.65. The van der Waals surface area contributed by atoms with Crippen LogP contribution in [0.25, 0.3) is 0 Å². The van der Waals surface area contributed by atoms with Crippen LogP contribution in [0.15, 0.2) is 23.1 Å². The summed E-state index contributed by atoms with van der Waals surface area (Å²) in [5.74, 6) is 0.494. The molecule has 21 heavy (non-hydrogen) atoms. The van der Waals surface area contributed by atoms with E-state index in [4.69, 9.17) is 11.6 Å². The van der Waals surface area contributed by atoms with Crippen molar-refractivity contribution in [2.24, 2.45) is 5.92 Å². The molecule has 1 fully saturated rings. The van der Waals surface area contributed by atoms with Gasteiger partial charge in [0.2, 0.25) is 10.0 Å². The van der Waals surface area contributed by atoms with Gasteiger partial charge in [-0.05, 0) is 49.9 Å². The van der Waals surface area contributed by atoms with E-state index < -0.39 is 10.0 Å². The molecule has 1 aliphatic rings. The minimum Gasteiger partial charge on any atom is -0.313 e. The van der Waals surface area contributed by atoms with Crippen molar-refractivity contribution in [2.45, 2.75) is 44.2 Å². The molecule has 1 atom stereocenters. The predicted octanol–water partition coefficient (Wildman–Crippen LogP) is 2.87. The molecule has 1 N–H and O–H groups in total. The van der Waals surface area contributed by atoms with Crippen LogP contribution < -0.4 is 5.32 Å². The molecule has 1 aromatic carbocycles. The molecule has 1 aromatic rings. The average Bonchev–Trinajstić information content (AvgIpc) is 3.28. The van der Waals surface area contributed by atoms with Gasteiger partial charge in [-0.3, -0.25) is 0 Å². The number of hydrogen-bond acceptors (Lipinski definition) is 3. The Kier molecular flexibility index (Phi) is 5.30. The minimum atomic E-state index is -3.47. The summed E-state index contributed by atoms with van der Waals surface area (Å²) in [4.78, 5) is 0.266. The maximum absolute atomic E-state index is 12.6. The van der Waals surface area contributed by atoms with Crippen LogP contribution in [0, 0.1) is 5.92 Å². The Morgan fingerprint density at radius 2 is 2.10 bits per heavy atom. The molecule has 118 valence electrons. The SMILES string of the molecule is CCNCc1ccc(S(=O)(=O)N(C)C(C)C2CC2)cc1Cl. The summed E-state index contributed by atoms with van der Waals surface area (Å²) in [6, 6.07) is 5.02. The lowest BCUT2D eigenvalue weighted by Crippen LogP contribution is -2.36. The smallest absolute Gasteiger partial charge is 0.243 e. The quantitative estimate of drug-likeness (QED) is 0.836. The van der Waals surface area contributed by atoms with Gasteiger partial charge in [-0.2, -0.15) is 4.31 Å². The summed E-state index contributed by atoms with van der Waals surface area (Å²) in [5.41, 5.74) is 0.912. The number of hydrogen-bond donors (Lipinski definition) is 1. The summed E-state index contributed by atoms with van der Waals surface area (Å²) in [6.07, 6.45) is 2.23. The lowest BCUT2D eigenvalue weighted by atomic mass is 10.2. The summed E-state index contributed by atoms with van der Waals surface area (Å²) in [7, 11) is -1.82. The largest absolute Gasteiger partial charge is 0.313 e. The Labute approximate surface area is 132 Å². The maximum Gasteiger partial charge on any atom is 0.243 e. The first-order valence-corrected chi connectivity index (χ1v) is 9.17. The topological polar surface area (TPSA) is 49.4 Å². The zero-order chi connectivity index (χ0) is 15.6. The van der Waals surface area contributed by atoms with Crippen molar-refractivity contribution in [2.75, 3.05) is 13.6 Å². The van der Waals surface area contributed by atoms with Crippen LogP contribution in [0.3, 0.4) is 0 Å². The number of halogens is 1. The molecule has 0 spiro atoms. The van der Waals surface area contributed by atoms with Gasteiger partial charge < -0.3 is 5.32 Å². The fraction of sp³-hybridized carbons (Fsp3) is 0.600. The van der Waals surface area contributed by atoms with Crippen LogP contribution in [-0.4, -0.2) is 32.4 Å². The number of sulfonamides is 1. The van der Waals surface area contributed by atoms with Gasteiger partial charge in [0.1, 0.15) is 0 Å². The number of nitrogens with one attached hydrogen (secondary N) is 1. The Balaban J connectivity index is 2.21. The van der Waals surface area contributed by atoms with Crippen molar-refractivity contribution in [3.05, 3.63) is 28.8 Å². The molecule has 1 saturated carbocycles. The molecule has 4 nitrogen and oxygen atoms in total. The van der Waals surface area contributed by atoms with Gasteiger partial charge in [-0.15, -0.1) is 0 Å². The molecule has 2 rings (SSSR count). The highest BCUT2D eigenvalue weighted by atomic mass is 35.5. The van der Waals surface area contributed by atoms with Gasteiger partial charge in [-0.25, -0.2) is 8.42 Å². The first-order chi connectivity index (χ1) is 9.87. The number of rotatable bonds is 7. The van der Waals surface area contributed by atoms with E-state index in [-0.39, 0.29) is 10.9 Å². The average molecular weight is 331 g/mol. The molecule has 0 bridgehead atoms. The zero-order valence-electron chi connectivity index (χ0n) is 12.8. The van der Waals surface area contributed by atoms with E-state index in [9.17, 15) is 8.42 Å². The van der Waals surface area contributed by atoms with Crippen molar-refractivity contribution in [3.63, 3.8) is 0 Å². The Morgan fingerprint density at radius 3 is 2.62 bits per heavy atom. The maximum atomic E-state index is 12.6. The van der Waals surface area contributed by atoms with Gasteiger partial charge in [0, 0.05) is 24.7 Å². The highest BCUT2D eigenvalue weighted by molar-refractivity contribution is 7.89. The molecule has 0 amide bonds. The van der Waals surface area contributed by atoms with E-state index in [1.165, 1.54) is 4.31 Å². The molecule has 1 aliphatic carbocycles. The third kappa shape index (κ3) is 3.77. The summed E-state index contributed by atoms with van der Waals surface area (Å²) < 4.78 is 26.7. The monoisotopic (exact) mass is 330 g/mol. The first-order valence-electron chi connectivity index (χ1n) is 7.35. The zero-order valence-corrected chi connectivity index (χ0v) is 14.3. The van der Waals surface area contributed by atoms with Crippen LogP contribution >= 0.6 is 11.6 Å². The molecular formula is C15H23ClN2O2S. The van der Waals surface area contributed by atoms with E-state index in [2.05, 4.69) is 5.32 Å². The van der Waals surface area contributed by atoms with Crippen molar-refractivity contribution in [1.82, 2.24) is 9.62 Å². The van der Waals surface area contributed by atoms with Crippen LogP contribution in [0.4, 0.5) is 0 Å². The van der Waals surface area contributed by atoms with E-state index in [1.807, 2.05) is 13.8 Å². The van der Waals surface area contributed by atoms with E-state index in [1.54, 1.807) is 25.2 Å². The number of benzene rings is 1. The molecule has 1 unspecified atom stereocenters. The van der Waals surface area contributed by atoms with Crippen molar-refractivity contribution in [1.29, 1.82) is 0 Å². The molecule has 0 heterocycles. The summed E-state index contributed by atoms with van der Waals surface area (Å²) in [5, 5.41) is 3.67. The van der Waals surface area contributed by atoms with Crippen molar-refractivity contribution >= 4 is 21.6 Å². The predicted molar refractivity (Wildman–Crippen MR) is 86.0 cm³/mol. The van der Waals surface area contributed by atoms with Gasteiger partial charge in [-0.1, -0.05) is 24.6 Å². The standard InChI is InChI=1S/C15H23ClN2O2S/c1-4-17-10-13-7-8-14(9-15(13)16)21(19,20)18(3)11(2)12-5-6-12/h7-9,11-12,17H,4-6,10H2,1-3H3. The highest BCUT2D eigenvalue weighted by Gasteiger charge is 2.36. The second-order valence-electron chi connectivity index (χ2n) is 5.63. The van der Waals surface area contributed by atoms with Crippen LogP contribution in [-0.2, 0) is 16.6 Å². The molecule has 0 saturated heterocycles. The highest BCUT2D eigenvalue weighted by Crippen LogP contribution is 2.36. The molecule has 0 aromatic heterocycles. The van der Waals surface area contributed by atoms with Crippen molar-refractivity contribution in [3.8, 4) is 0 Å². The summed E-state index contributed by atoms with van der Waals surface area (Å²) >= 11 is 6.21. The third-order valence-corrected chi connectivity index (χ3v) is 6.44. The normalized spacial score (nSPS) is 17.2. The molecule has 0 aliphatic heterocycles. The van der Waals surface area contributed by atoms with Gasteiger partial charge in [0.05, 0.1) is 4.90 Å². The van der Waals surface area contributed by atoms with Crippen molar-refractivity contribution < 1.29 is 8.42 Å². The number of nitrogens with zero attached hydrogens (tertiary/aromatic N) is 1. The minimum absolute atomic E-state index is 0.0372. The van der Waals surface area contributed by atoms with E-state index in [0.717, 1.165) is 24.9 Å². The lowest BCUT2D eigenvalue weighted by molar-refractivity contribution is 0.357. The Morgan fingerprint density at radius 1 is 1.43 bits per heavy atom. The van der Waals surface area contributed by atoms with Gasteiger partial charge in [0.25, 0.3) is 0 Å². The van der Waals surface area contributed by atoms with E-state index in [0.29, 0.717) is 17.5 Å². The Hall–Kier alpha value is -0.620. The first kappa shape index (κ1) is 16.7. The van der Waals surface area contributed by atoms with Crippen LogP contribution in [0.5, 0.6) is 0 Å². The van der Waals surface area contributed by atoms with Crippen LogP contribution in [0.1, 0.15) is 32.3 Å². The molecule has 0 radical (unpaired) electrons. The second-order valence-corrected chi connectivity index (χ2v) is 8.04. The van der Waals surface area contributed by atoms with Gasteiger partial charge >= 0.3 is 0 Å². The lowest BCUT2D eigenvalue weighted by Gasteiger charge is -2.24. The molecule has 6 heteroatoms. The molecular weight excluding hydrogens is 308 g/mol. The fourth-order valence-corrected chi connectivity index (χ4v) is 4.11. The summed E-state index contributed by atoms with van der Waals surface area (Å²) in [6.45, 7) is 5.47. The Bertz CT molecular complexity index is 600. The third-order valence-electron chi connectivity index (χ3n) is 4.14. The van der Waals surface area contributed by atoms with E-state index >= 15 is 0 Å². The van der Waals surface area contributed by atoms with Crippen LogP contribution in [0.2, 0.25) is 5.02 Å².